The van der Waals surface area contributed by atoms with E-state index in [4.69, 9.17) is 9.15 Å². The van der Waals surface area contributed by atoms with Gasteiger partial charge in [-0.1, -0.05) is 36.4 Å². The van der Waals surface area contributed by atoms with Gasteiger partial charge in [-0.3, -0.25) is 4.79 Å². The Balaban J connectivity index is 1.90. The maximum absolute atomic E-state index is 13.6. The lowest BCUT2D eigenvalue weighted by molar-refractivity contribution is 0.102. The standard InChI is InChI=1S/C23H17FN2O3/c1-28-20-12-5-7-15-13-19(22(27)25-17-9-3-2-4-10-17)23(29-21(15)20)26-18-11-6-8-16(24)14-18/h2-14H,1H3,(H,25,27). The van der Waals surface area contributed by atoms with Crippen molar-refractivity contribution in [2.24, 2.45) is 4.99 Å². The van der Waals surface area contributed by atoms with E-state index < -0.39 is 5.82 Å². The molecule has 0 saturated heterocycles. The van der Waals surface area contributed by atoms with Crippen LogP contribution < -0.4 is 15.6 Å². The second kappa shape index (κ2) is 7.98. The molecule has 0 unspecified atom stereocenters. The fraction of sp³-hybridized carbons (Fsp3) is 0.0435. The van der Waals surface area contributed by atoms with Crippen LogP contribution in [0.4, 0.5) is 15.8 Å². The Hall–Kier alpha value is -3.93. The Labute approximate surface area is 166 Å². The van der Waals surface area contributed by atoms with Crippen LogP contribution in [0.5, 0.6) is 5.75 Å². The van der Waals surface area contributed by atoms with Crippen LogP contribution in [0.2, 0.25) is 0 Å². The maximum atomic E-state index is 13.6. The van der Waals surface area contributed by atoms with Gasteiger partial charge in [-0.05, 0) is 42.5 Å². The molecule has 0 atom stereocenters. The Morgan fingerprint density at radius 1 is 1.00 bits per heavy atom. The first kappa shape index (κ1) is 18.4. The molecule has 1 amide bonds. The molecular weight excluding hydrogens is 371 g/mol. The van der Waals surface area contributed by atoms with Crippen molar-refractivity contribution in [3.8, 4) is 5.75 Å². The van der Waals surface area contributed by atoms with Crippen LogP contribution in [0.15, 0.2) is 88.3 Å². The summed E-state index contributed by atoms with van der Waals surface area (Å²) in [6.07, 6.45) is 0. The molecule has 4 rings (SSSR count). The minimum absolute atomic E-state index is 0.0565. The van der Waals surface area contributed by atoms with Gasteiger partial charge >= 0.3 is 0 Å². The van der Waals surface area contributed by atoms with E-state index in [9.17, 15) is 9.18 Å². The first-order valence-corrected chi connectivity index (χ1v) is 8.91. The van der Waals surface area contributed by atoms with Crippen molar-refractivity contribution in [2.75, 3.05) is 12.4 Å². The lowest BCUT2D eigenvalue weighted by atomic mass is 10.1. The quantitative estimate of drug-likeness (QED) is 0.531. The zero-order valence-electron chi connectivity index (χ0n) is 15.6. The molecule has 0 fully saturated rings. The molecule has 0 bridgehead atoms. The molecule has 0 aliphatic heterocycles. The predicted octanol–water partition coefficient (Wildman–Crippen LogP) is 5.07. The molecule has 5 nitrogen and oxygen atoms in total. The molecule has 1 aromatic heterocycles. The Bertz CT molecular complexity index is 1250. The van der Waals surface area contributed by atoms with Gasteiger partial charge in [0.05, 0.1) is 12.8 Å². The van der Waals surface area contributed by atoms with E-state index in [1.165, 1.54) is 19.2 Å². The summed E-state index contributed by atoms with van der Waals surface area (Å²) in [6.45, 7) is 0. The summed E-state index contributed by atoms with van der Waals surface area (Å²) in [7, 11) is 1.53. The van der Waals surface area contributed by atoms with Gasteiger partial charge in [-0.15, -0.1) is 0 Å². The van der Waals surface area contributed by atoms with Gasteiger partial charge in [0.1, 0.15) is 11.4 Å². The lowest BCUT2D eigenvalue weighted by Crippen LogP contribution is -2.21. The molecule has 3 aromatic carbocycles. The van der Waals surface area contributed by atoms with Crippen molar-refractivity contribution in [3.63, 3.8) is 0 Å². The number of carbonyl (C=O) groups excluding carboxylic acids is 1. The number of para-hydroxylation sites is 2. The van der Waals surface area contributed by atoms with Crippen molar-refractivity contribution in [1.29, 1.82) is 0 Å². The van der Waals surface area contributed by atoms with Gasteiger partial charge in [0, 0.05) is 11.1 Å². The Morgan fingerprint density at radius 3 is 2.55 bits per heavy atom. The number of hydrogen-bond acceptors (Lipinski definition) is 4. The minimum atomic E-state index is -0.431. The number of rotatable bonds is 4. The zero-order valence-corrected chi connectivity index (χ0v) is 15.6. The summed E-state index contributed by atoms with van der Waals surface area (Å²) in [6, 6.07) is 21.9. The van der Waals surface area contributed by atoms with Crippen LogP contribution >= 0.6 is 0 Å². The number of ether oxygens (including phenoxy) is 1. The van der Waals surface area contributed by atoms with E-state index in [1.54, 1.807) is 42.5 Å². The number of nitrogens with one attached hydrogen (secondary N) is 1. The molecule has 1 N–H and O–H groups in total. The normalized spacial score (nSPS) is 11.4. The summed E-state index contributed by atoms with van der Waals surface area (Å²) in [5.74, 6) is -0.312. The lowest BCUT2D eigenvalue weighted by Gasteiger charge is -2.09. The molecule has 0 spiro atoms. The molecule has 1 heterocycles. The number of carbonyl (C=O) groups is 1. The minimum Gasteiger partial charge on any atom is -0.493 e. The number of amides is 1. The maximum Gasteiger partial charge on any atom is 0.261 e. The third-order valence-corrected chi connectivity index (χ3v) is 4.27. The number of anilines is 1. The average Bonchev–Trinajstić information content (AvgIpc) is 2.73. The molecular formula is C23H17FN2O3. The molecule has 144 valence electrons. The van der Waals surface area contributed by atoms with Crippen LogP contribution in [0, 0.1) is 5.82 Å². The van der Waals surface area contributed by atoms with Crippen LogP contribution in [0.3, 0.4) is 0 Å². The molecule has 0 saturated carbocycles. The summed E-state index contributed by atoms with van der Waals surface area (Å²) in [5.41, 5.74) is 1.69. The van der Waals surface area contributed by atoms with Gasteiger partial charge in [0.25, 0.3) is 5.91 Å². The number of halogens is 1. The van der Waals surface area contributed by atoms with Gasteiger partial charge in [0.2, 0.25) is 5.55 Å². The van der Waals surface area contributed by atoms with E-state index >= 15 is 0 Å². The molecule has 4 aromatic rings. The largest absolute Gasteiger partial charge is 0.493 e. The Kier molecular flexibility index (Phi) is 5.07. The van der Waals surface area contributed by atoms with E-state index in [2.05, 4.69) is 10.3 Å². The van der Waals surface area contributed by atoms with Gasteiger partial charge in [-0.2, -0.15) is 0 Å². The average molecular weight is 388 g/mol. The van der Waals surface area contributed by atoms with E-state index in [-0.39, 0.29) is 17.0 Å². The fourth-order valence-corrected chi connectivity index (χ4v) is 2.91. The highest BCUT2D eigenvalue weighted by Gasteiger charge is 2.15. The Morgan fingerprint density at radius 2 is 1.79 bits per heavy atom. The third-order valence-electron chi connectivity index (χ3n) is 4.27. The number of methoxy groups -OCH3 is 1. The number of benzene rings is 3. The van der Waals surface area contributed by atoms with Crippen molar-refractivity contribution >= 4 is 28.3 Å². The first-order chi connectivity index (χ1) is 14.1. The highest BCUT2D eigenvalue weighted by Crippen LogP contribution is 2.25. The smallest absolute Gasteiger partial charge is 0.261 e. The molecule has 6 heteroatoms. The number of fused-ring (bicyclic) bond motifs is 1. The van der Waals surface area contributed by atoms with Gasteiger partial charge in [-0.25, -0.2) is 9.38 Å². The second-order valence-corrected chi connectivity index (χ2v) is 6.26. The molecule has 0 radical (unpaired) electrons. The summed E-state index contributed by atoms with van der Waals surface area (Å²) < 4.78 is 24.9. The van der Waals surface area contributed by atoms with Crippen LogP contribution in [-0.2, 0) is 0 Å². The monoisotopic (exact) mass is 388 g/mol. The van der Waals surface area contributed by atoms with Gasteiger partial charge < -0.3 is 14.5 Å². The van der Waals surface area contributed by atoms with Crippen LogP contribution in [-0.4, -0.2) is 13.0 Å². The fourth-order valence-electron chi connectivity index (χ4n) is 2.91. The summed E-state index contributed by atoms with van der Waals surface area (Å²) in [5, 5.41) is 3.51. The highest BCUT2D eigenvalue weighted by molar-refractivity contribution is 6.05. The van der Waals surface area contributed by atoms with Crippen molar-refractivity contribution in [2.45, 2.75) is 0 Å². The number of hydrogen-bond donors (Lipinski definition) is 1. The van der Waals surface area contributed by atoms with Crippen LogP contribution in [0.25, 0.3) is 11.0 Å². The van der Waals surface area contributed by atoms with E-state index in [0.717, 1.165) is 0 Å². The summed E-state index contributed by atoms with van der Waals surface area (Å²) >= 11 is 0. The topological polar surface area (TPSA) is 63.8 Å². The van der Waals surface area contributed by atoms with Crippen molar-refractivity contribution in [3.05, 3.63) is 95.8 Å². The predicted molar refractivity (Wildman–Crippen MR) is 109 cm³/mol. The molecule has 0 aliphatic carbocycles. The van der Waals surface area contributed by atoms with Crippen molar-refractivity contribution in [1.82, 2.24) is 0 Å². The highest BCUT2D eigenvalue weighted by atomic mass is 19.1. The first-order valence-electron chi connectivity index (χ1n) is 8.91. The third kappa shape index (κ3) is 4.01. The zero-order chi connectivity index (χ0) is 20.2. The van der Waals surface area contributed by atoms with E-state index in [1.807, 2.05) is 24.3 Å². The van der Waals surface area contributed by atoms with Crippen LogP contribution in [0.1, 0.15) is 10.4 Å². The summed E-state index contributed by atoms with van der Waals surface area (Å²) in [4.78, 5) is 17.3. The SMILES string of the molecule is COc1cccc2cc(C(=O)Nc3ccccc3)c(=Nc3cccc(F)c3)oc12. The number of nitrogens with zero attached hydrogens (tertiary/aromatic N) is 1. The molecule has 0 aliphatic rings. The second-order valence-electron chi connectivity index (χ2n) is 6.26. The van der Waals surface area contributed by atoms with E-state index in [0.29, 0.717) is 28.1 Å². The molecule has 29 heavy (non-hydrogen) atoms. The van der Waals surface area contributed by atoms with Gasteiger partial charge in [0.15, 0.2) is 11.3 Å². The van der Waals surface area contributed by atoms with Crippen molar-refractivity contribution < 1.29 is 18.3 Å².